The van der Waals surface area contributed by atoms with Crippen LogP contribution in [0, 0.1) is 0 Å². The molecule has 1 unspecified atom stereocenters. The Morgan fingerprint density at radius 2 is 0.629 bits per heavy atom. The molecule has 0 aliphatic rings. The van der Waals surface area contributed by atoms with Gasteiger partial charge in [-0.05, 0) is 96.3 Å². The van der Waals surface area contributed by atoms with E-state index in [1.807, 2.05) is 0 Å². The molecule has 0 spiro atoms. The molecule has 6 heteroatoms. The van der Waals surface area contributed by atoms with Crippen molar-refractivity contribution < 1.29 is 28.6 Å². The summed E-state index contributed by atoms with van der Waals surface area (Å²) in [5, 5.41) is 0. The van der Waals surface area contributed by atoms with Crippen molar-refractivity contribution in [1.29, 1.82) is 0 Å². The van der Waals surface area contributed by atoms with Gasteiger partial charge in [0.05, 0.1) is 0 Å². The SMILES string of the molecule is CC/C=C\C/C=C\C/C=C\C/C=C\C/C=C\C/C=C\CCCCC(=O)OCC(COC(=O)CCCCCCCC)OC(=O)CCCCCCCCC/C=C\CCCCCCCC. The molecule has 0 aromatic heterocycles. The Balaban J connectivity index is 4.32. The Kier molecular flexibility index (Phi) is 47.5. The van der Waals surface area contributed by atoms with Gasteiger partial charge in [-0.15, -0.1) is 0 Å². The molecule has 1 atom stereocenters. The highest BCUT2D eigenvalue weighted by Crippen LogP contribution is 2.13. The van der Waals surface area contributed by atoms with Gasteiger partial charge < -0.3 is 14.2 Å². The van der Waals surface area contributed by atoms with Gasteiger partial charge in [-0.1, -0.05) is 202 Å². The fraction of sp³-hybridized carbons (Fsp3) is 0.696. The van der Waals surface area contributed by atoms with E-state index < -0.39 is 6.10 Å². The first kappa shape index (κ1) is 58.6. The summed E-state index contributed by atoms with van der Waals surface area (Å²) in [5.74, 6) is -0.954. The Labute approximate surface area is 382 Å². The molecule has 6 nitrogen and oxygen atoms in total. The number of ether oxygens (including phenoxy) is 3. The molecule has 0 aliphatic heterocycles. The van der Waals surface area contributed by atoms with Crippen LogP contribution in [0.1, 0.15) is 233 Å². The molecule has 62 heavy (non-hydrogen) atoms. The summed E-state index contributed by atoms with van der Waals surface area (Å²) in [6.45, 7) is 6.41. The zero-order valence-electron chi connectivity index (χ0n) is 40.4. The highest BCUT2D eigenvalue weighted by Gasteiger charge is 2.19. The number of carbonyl (C=O) groups excluding carboxylic acids is 3. The summed E-state index contributed by atoms with van der Waals surface area (Å²) in [5.41, 5.74) is 0. The molecule has 0 aliphatic carbocycles. The quantitative estimate of drug-likeness (QED) is 0.0263. The smallest absolute Gasteiger partial charge is 0.306 e. The number of hydrogen-bond donors (Lipinski definition) is 0. The van der Waals surface area contributed by atoms with Crippen molar-refractivity contribution in [2.24, 2.45) is 0 Å². The van der Waals surface area contributed by atoms with Gasteiger partial charge in [0.2, 0.25) is 0 Å². The first-order valence-electron chi connectivity index (χ1n) is 25.6. The topological polar surface area (TPSA) is 78.9 Å². The van der Waals surface area contributed by atoms with E-state index in [1.54, 1.807) is 0 Å². The van der Waals surface area contributed by atoms with Crippen molar-refractivity contribution in [3.8, 4) is 0 Å². The van der Waals surface area contributed by atoms with Crippen LogP contribution in [0.4, 0.5) is 0 Å². The number of rotatable bonds is 45. The Hall–Kier alpha value is -3.41. The highest BCUT2D eigenvalue weighted by atomic mass is 16.6. The van der Waals surface area contributed by atoms with Gasteiger partial charge in [-0.25, -0.2) is 0 Å². The summed E-state index contributed by atoms with van der Waals surface area (Å²) in [6.07, 6.45) is 64.5. The molecule has 0 aromatic carbocycles. The van der Waals surface area contributed by atoms with Crippen molar-refractivity contribution in [3.05, 3.63) is 85.1 Å². The molecule has 0 bridgehead atoms. The van der Waals surface area contributed by atoms with E-state index >= 15 is 0 Å². The van der Waals surface area contributed by atoms with E-state index in [0.717, 1.165) is 96.3 Å². The predicted molar refractivity (Wildman–Crippen MR) is 265 cm³/mol. The number of carbonyl (C=O) groups is 3. The second-order valence-electron chi connectivity index (χ2n) is 16.7. The van der Waals surface area contributed by atoms with Crippen LogP contribution in [-0.2, 0) is 28.6 Å². The first-order chi connectivity index (χ1) is 30.5. The molecule has 0 fully saturated rings. The monoisotopic (exact) mass is 863 g/mol. The lowest BCUT2D eigenvalue weighted by Gasteiger charge is -2.18. The summed E-state index contributed by atoms with van der Waals surface area (Å²) in [6, 6.07) is 0. The maximum Gasteiger partial charge on any atom is 0.306 e. The largest absolute Gasteiger partial charge is 0.462 e. The van der Waals surface area contributed by atoms with Crippen LogP contribution >= 0.6 is 0 Å². The maximum absolute atomic E-state index is 12.7. The minimum absolute atomic E-state index is 0.0927. The average molecular weight is 863 g/mol. The molecule has 0 radical (unpaired) electrons. The molecule has 0 N–H and O–H groups in total. The number of unbranched alkanes of at least 4 members (excludes halogenated alkanes) is 20. The first-order valence-corrected chi connectivity index (χ1v) is 25.6. The molecule has 0 amide bonds. The van der Waals surface area contributed by atoms with Crippen LogP contribution in [0.5, 0.6) is 0 Å². The van der Waals surface area contributed by atoms with Crippen LogP contribution in [0.3, 0.4) is 0 Å². The summed E-state index contributed by atoms with van der Waals surface area (Å²) in [7, 11) is 0. The lowest BCUT2D eigenvalue weighted by atomic mass is 10.1. The van der Waals surface area contributed by atoms with Crippen molar-refractivity contribution in [2.75, 3.05) is 13.2 Å². The molecular weight excluding hydrogens is 769 g/mol. The number of hydrogen-bond acceptors (Lipinski definition) is 6. The predicted octanol–water partition coefficient (Wildman–Crippen LogP) is 16.8. The van der Waals surface area contributed by atoms with Crippen LogP contribution < -0.4 is 0 Å². The molecule has 0 saturated heterocycles. The van der Waals surface area contributed by atoms with E-state index in [-0.39, 0.29) is 31.1 Å². The second kappa shape index (κ2) is 50.2. The van der Waals surface area contributed by atoms with E-state index in [1.165, 1.54) is 96.3 Å². The summed E-state index contributed by atoms with van der Waals surface area (Å²) >= 11 is 0. The molecule has 0 heterocycles. The fourth-order valence-electron chi connectivity index (χ4n) is 6.79. The van der Waals surface area contributed by atoms with Crippen molar-refractivity contribution in [2.45, 2.75) is 239 Å². The second-order valence-corrected chi connectivity index (χ2v) is 16.7. The highest BCUT2D eigenvalue weighted by molar-refractivity contribution is 5.71. The van der Waals surface area contributed by atoms with Crippen molar-refractivity contribution in [3.63, 3.8) is 0 Å². The lowest BCUT2D eigenvalue weighted by molar-refractivity contribution is -0.167. The Bertz CT molecular complexity index is 1220. The molecule has 0 rings (SSSR count). The normalized spacial score (nSPS) is 12.8. The third-order valence-corrected chi connectivity index (χ3v) is 10.6. The standard InChI is InChI=1S/C56H94O6/c1-4-7-10-13-16-18-20-22-24-26-27-28-29-31-32-34-36-38-40-43-46-49-55(58)61-52-53(51-60-54(57)48-45-42-15-12-9-6-3)62-56(59)50-47-44-41-39-37-35-33-30-25-23-21-19-17-14-11-8-5-2/h7,10,16,18,22-25,27-28,31-32,36,38,53H,4-6,8-9,11-15,17,19-21,26,29-30,33-35,37,39-52H2,1-3H3/b10-7-,18-16-,24-22-,25-23-,28-27-,32-31-,38-36-. The van der Waals surface area contributed by atoms with E-state index in [0.29, 0.717) is 19.3 Å². The van der Waals surface area contributed by atoms with Gasteiger partial charge in [0.25, 0.3) is 0 Å². The van der Waals surface area contributed by atoms with E-state index in [4.69, 9.17) is 14.2 Å². The maximum atomic E-state index is 12.7. The minimum atomic E-state index is -0.793. The third-order valence-electron chi connectivity index (χ3n) is 10.6. The number of allylic oxidation sites excluding steroid dienone is 14. The summed E-state index contributed by atoms with van der Waals surface area (Å²) in [4.78, 5) is 37.7. The van der Waals surface area contributed by atoms with E-state index in [9.17, 15) is 14.4 Å². The van der Waals surface area contributed by atoms with E-state index in [2.05, 4.69) is 106 Å². The van der Waals surface area contributed by atoms with Crippen LogP contribution in [-0.4, -0.2) is 37.2 Å². The van der Waals surface area contributed by atoms with Crippen LogP contribution in [0.2, 0.25) is 0 Å². The molecule has 0 saturated carbocycles. The minimum Gasteiger partial charge on any atom is -0.462 e. The Morgan fingerprint density at radius 3 is 1.03 bits per heavy atom. The van der Waals surface area contributed by atoms with Crippen molar-refractivity contribution in [1.82, 2.24) is 0 Å². The summed E-state index contributed by atoms with van der Waals surface area (Å²) < 4.78 is 16.7. The van der Waals surface area contributed by atoms with Crippen LogP contribution in [0.15, 0.2) is 85.1 Å². The molecule has 0 aromatic rings. The van der Waals surface area contributed by atoms with Gasteiger partial charge in [-0.3, -0.25) is 14.4 Å². The van der Waals surface area contributed by atoms with Crippen molar-refractivity contribution >= 4 is 17.9 Å². The average Bonchev–Trinajstić information content (AvgIpc) is 3.27. The zero-order chi connectivity index (χ0) is 45.1. The van der Waals surface area contributed by atoms with Gasteiger partial charge in [0.1, 0.15) is 13.2 Å². The van der Waals surface area contributed by atoms with Crippen LogP contribution in [0.25, 0.3) is 0 Å². The van der Waals surface area contributed by atoms with Gasteiger partial charge >= 0.3 is 17.9 Å². The van der Waals surface area contributed by atoms with Gasteiger partial charge in [0, 0.05) is 19.3 Å². The third kappa shape index (κ3) is 47.6. The number of esters is 3. The molecule has 354 valence electrons. The molecular formula is C56H94O6. The van der Waals surface area contributed by atoms with Gasteiger partial charge in [0.15, 0.2) is 6.10 Å². The fourth-order valence-corrected chi connectivity index (χ4v) is 6.79. The lowest BCUT2D eigenvalue weighted by Crippen LogP contribution is -2.30. The van der Waals surface area contributed by atoms with Gasteiger partial charge in [-0.2, -0.15) is 0 Å². The Morgan fingerprint density at radius 1 is 0.339 bits per heavy atom. The zero-order valence-corrected chi connectivity index (χ0v) is 40.4.